The van der Waals surface area contributed by atoms with Crippen LogP contribution in [0.1, 0.15) is 39.0 Å². The van der Waals surface area contributed by atoms with Gasteiger partial charge in [-0.2, -0.15) is 0 Å². The fourth-order valence-electron chi connectivity index (χ4n) is 2.55. The van der Waals surface area contributed by atoms with Crippen molar-refractivity contribution in [2.75, 3.05) is 19.6 Å². The average molecular weight is 197 g/mol. The summed E-state index contributed by atoms with van der Waals surface area (Å²) in [7, 11) is 0. The van der Waals surface area contributed by atoms with E-state index in [0.29, 0.717) is 0 Å². The molecule has 2 fully saturated rings. The molecule has 2 heteroatoms. The molecule has 1 aliphatic carbocycles. The van der Waals surface area contributed by atoms with Crippen LogP contribution in [0.4, 0.5) is 0 Å². The summed E-state index contributed by atoms with van der Waals surface area (Å²) in [4.78, 5) is 2.62. The van der Waals surface area contributed by atoms with Gasteiger partial charge in [-0.05, 0) is 64.0 Å². The largest absolute Gasteiger partial charge is 0.393 e. The van der Waals surface area contributed by atoms with Crippen LogP contribution in [0.25, 0.3) is 0 Å². The first-order valence-corrected chi connectivity index (χ1v) is 6.14. The van der Waals surface area contributed by atoms with Crippen molar-refractivity contribution >= 4 is 0 Å². The van der Waals surface area contributed by atoms with Gasteiger partial charge in [-0.15, -0.1) is 0 Å². The second kappa shape index (κ2) is 4.63. The average Bonchev–Trinajstić information content (AvgIpc) is 2.91. The molecule has 0 aromatic heterocycles. The Hall–Kier alpha value is -0.0800. The Kier molecular flexibility index (Phi) is 3.45. The minimum atomic E-state index is -0.102. The molecule has 0 spiro atoms. The van der Waals surface area contributed by atoms with Crippen molar-refractivity contribution in [3.05, 3.63) is 0 Å². The lowest BCUT2D eigenvalue weighted by molar-refractivity contribution is 0.117. The van der Waals surface area contributed by atoms with Crippen LogP contribution >= 0.6 is 0 Å². The van der Waals surface area contributed by atoms with E-state index >= 15 is 0 Å². The minimum absolute atomic E-state index is 0.102. The Bertz CT molecular complexity index is 157. The van der Waals surface area contributed by atoms with Crippen molar-refractivity contribution in [1.82, 2.24) is 4.90 Å². The fraction of sp³-hybridized carbons (Fsp3) is 1.00. The lowest BCUT2D eigenvalue weighted by atomic mass is 9.91. The van der Waals surface area contributed by atoms with Gasteiger partial charge >= 0.3 is 0 Å². The van der Waals surface area contributed by atoms with E-state index in [0.717, 1.165) is 18.3 Å². The first kappa shape index (κ1) is 10.4. The van der Waals surface area contributed by atoms with Crippen LogP contribution in [-0.2, 0) is 0 Å². The summed E-state index contributed by atoms with van der Waals surface area (Å²) < 4.78 is 0. The van der Waals surface area contributed by atoms with Crippen molar-refractivity contribution in [3.8, 4) is 0 Å². The van der Waals surface area contributed by atoms with E-state index in [1.165, 1.54) is 45.3 Å². The molecule has 0 radical (unpaired) electrons. The van der Waals surface area contributed by atoms with Crippen LogP contribution in [0.3, 0.4) is 0 Å². The summed E-state index contributed by atoms with van der Waals surface area (Å²) in [5, 5.41) is 9.31. The number of piperidine rings is 1. The molecule has 1 heterocycles. The SMILES string of the molecule is C[C@@H](O)CC1CCN(CC2CC2)CC1. The van der Waals surface area contributed by atoms with E-state index in [2.05, 4.69) is 4.90 Å². The van der Waals surface area contributed by atoms with Crippen LogP contribution in [0, 0.1) is 11.8 Å². The van der Waals surface area contributed by atoms with Crippen molar-refractivity contribution in [3.63, 3.8) is 0 Å². The number of hydrogen-bond donors (Lipinski definition) is 1. The molecule has 0 amide bonds. The maximum atomic E-state index is 9.31. The third-order valence-electron chi connectivity index (χ3n) is 3.59. The maximum absolute atomic E-state index is 9.31. The van der Waals surface area contributed by atoms with E-state index in [1.54, 1.807) is 0 Å². The van der Waals surface area contributed by atoms with Crippen molar-refractivity contribution < 1.29 is 5.11 Å². The Balaban J connectivity index is 1.63. The van der Waals surface area contributed by atoms with Gasteiger partial charge in [0.15, 0.2) is 0 Å². The molecule has 2 rings (SSSR count). The standard InChI is InChI=1S/C12H23NO/c1-10(14)8-11-4-6-13(7-5-11)9-12-2-3-12/h10-12,14H,2-9H2,1H3/t10-/m1/s1. The number of rotatable bonds is 4. The third-order valence-corrected chi connectivity index (χ3v) is 3.59. The van der Waals surface area contributed by atoms with Gasteiger partial charge in [0.2, 0.25) is 0 Å². The van der Waals surface area contributed by atoms with E-state index in [4.69, 9.17) is 0 Å². The maximum Gasteiger partial charge on any atom is 0.0514 e. The number of nitrogens with zero attached hydrogens (tertiary/aromatic N) is 1. The zero-order chi connectivity index (χ0) is 9.97. The highest BCUT2D eigenvalue weighted by Crippen LogP contribution is 2.31. The van der Waals surface area contributed by atoms with Crippen LogP contribution in [0.15, 0.2) is 0 Å². The van der Waals surface area contributed by atoms with Crippen molar-refractivity contribution in [2.24, 2.45) is 11.8 Å². The number of aliphatic hydroxyl groups excluding tert-OH is 1. The molecule has 1 N–H and O–H groups in total. The monoisotopic (exact) mass is 197 g/mol. The molecule has 2 nitrogen and oxygen atoms in total. The molecule has 0 aromatic carbocycles. The molecule has 1 aliphatic heterocycles. The molecule has 0 aromatic rings. The number of aliphatic hydroxyl groups is 1. The predicted octanol–water partition coefficient (Wildman–Crippen LogP) is 1.88. The van der Waals surface area contributed by atoms with E-state index in [1.807, 2.05) is 6.92 Å². The highest BCUT2D eigenvalue weighted by atomic mass is 16.3. The normalized spacial score (nSPS) is 27.9. The Morgan fingerprint density at radius 3 is 2.29 bits per heavy atom. The minimum Gasteiger partial charge on any atom is -0.393 e. The summed E-state index contributed by atoms with van der Waals surface area (Å²) in [6.45, 7) is 5.81. The molecule has 0 bridgehead atoms. The summed E-state index contributed by atoms with van der Waals surface area (Å²) in [6, 6.07) is 0. The van der Waals surface area contributed by atoms with Gasteiger partial charge in [0.05, 0.1) is 6.10 Å². The van der Waals surface area contributed by atoms with Crippen LogP contribution in [-0.4, -0.2) is 35.7 Å². The van der Waals surface area contributed by atoms with Crippen LogP contribution in [0.2, 0.25) is 0 Å². The quantitative estimate of drug-likeness (QED) is 0.744. The smallest absolute Gasteiger partial charge is 0.0514 e. The third kappa shape index (κ3) is 3.25. The topological polar surface area (TPSA) is 23.5 Å². The first-order chi connectivity index (χ1) is 6.74. The van der Waals surface area contributed by atoms with Gasteiger partial charge in [0.25, 0.3) is 0 Å². The summed E-state index contributed by atoms with van der Waals surface area (Å²) >= 11 is 0. The van der Waals surface area contributed by atoms with Gasteiger partial charge in [-0.3, -0.25) is 0 Å². The fourth-order valence-corrected chi connectivity index (χ4v) is 2.55. The first-order valence-electron chi connectivity index (χ1n) is 6.14. The van der Waals surface area contributed by atoms with Crippen LogP contribution in [0.5, 0.6) is 0 Å². The van der Waals surface area contributed by atoms with E-state index in [-0.39, 0.29) is 6.10 Å². The number of likely N-dealkylation sites (tertiary alicyclic amines) is 1. The summed E-state index contributed by atoms with van der Waals surface area (Å²) in [5.41, 5.74) is 0. The number of hydrogen-bond acceptors (Lipinski definition) is 2. The molecule has 82 valence electrons. The van der Waals surface area contributed by atoms with Crippen molar-refractivity contribution in [2.45, 2.75) is 45.1 Å². The molecule has 1 atom stereocenters. The predicted molar refractivity (Wildman–Crippen MR) is 58.2 cm³/mol. The zero-order valence-corrected chi connectivity index (χ0v) is 9.28. The summed E-state index contributed by atoms with van der Waals surface area (Å²) in [6.07, 6.45) is 6.45. The van der Waals surface area contributed by atoms with E-state index < -0.39 is 0 Å². The molecule has 2 aliphatic rings. The Morgan fingerprint density at radius 1 is 1.14 bits per heavy atom. The highest BCUT2D eigenvalue weighted by Gasteiger charge is 2.27. The van der Waals surface area contributed by atoms with Gasteiger partial charge in [0, 0.05) is 6.54 Å². The van der Waals surface area contributed by atoms with Gasteiger partial charge in [-0.1, -0.05) is 0 Å². The molecule has 1 saturated carbocycles. The second-order valence-electron chi connectivity index (χ2n) is 5.27. The zero-order valence-electron chi connectivity index (χ0n) is 9.28. The second-order valence-corrected chi connectivity index (χ2v) is 5.27. The van der Waals surface area contributed by atoms with Gasteiger partial charge in [0.1, 0.15) is 0 Å². The van der Waals surface area contributed by atoms with Crippen LogP contribution < -0.4 is 0 Å². The summed E-state index contributed by atoms with van der Waals surface area (Å²) in [5.74, 6) is 1.81. The van der Waals surface area contributed by atoms with E-state index in [9.17, 15) is 5.11 Å². The van der Waals surface area contributed by atoms with Crippen molar-refractivity contribution in [1.29, 1.82) is 0 Å². The molecule has 0 unspecified atom stereocenters. The van der Waals surface area contributed by atoms with Gasteiger partial charge < -0.3 is 10.0 Å². The highest BCUT2D eigenvalue weighted by molar-refractivity contribution is 4.80. The van der Waals surface area contributed by atoms with Gasteiger partial charge in [-0.25, -0.2) is 0 Å². The molecule has 1 saturated heterocycles. The lowest BCUT2D eigenvalue weighted by Crippen LogP contribution is -2.35. The lowest BCUT2D eigenvalue weighted by Gasteiger charge is -2.32. The Labute approximate surface area is 87.3 Å². The molecular weight excluding hydrogens is 174 g/mol. The molecule has 14 heavy (non-hydrogen) atoms. The Morgan fingerprint density at radius 2 is 1.79 bits per heavy atom. The molecular formula is C12H23NO.